The lowest BCUT2D eigenvalue weighted by molar-refractivity contribution is 0.382. The standard InChI is InChI=1S/C11H12FN5O/c1-18-11-10(15-4-5-16-11)9(17-13)7-2-3-14-6-8(7)12/h2-6,9,17H,13H2,1H3. The summed E-state index contributed by atoms with van der Waals surface area (Å²) in [4.78, 5) is 11.8. The van der Waals surface area contributed by atoms with Gasteiger partial charge in [-0.2, -0.15) is 0 Å². The van der Waals surface area contributed by atoms with Crippen LogP contribution in [0.3, 0.4) is 0 Å². The first-order chi connectivity index (χ1) is 8.77. The molecule has 18 heavy (non-hydrogen) atoms. The number of halogens is 1. The van der Waals surface area contributed by atoms with Crippen molar-refractivity contribution in [3.63, 3.8) is 0 Å². The van der Waals surface area contributed by atoms with E-state index < -0.39 is 11.9 Å². The van der Waals surface area contributed by atoms with Crippen molar-refractivity contribution in [2.75, 3.05) is 7.11 Å². The number of aromatic nitrogens is 3. The maximum Gasteiger partial charge on any atom is 0.237 e. The summed E-state index contributed by atoms with van der Waals surface area (Å²) in [6, 6.07) is 0.866. The van der Waals surface area contributed by atoms with Crippen LogP contribution in [0, 0.1) is 5.82 Å². The van der Waals surface area contributed by atoms with Crippen molar-refractivity contribution in [3.05, 3.63) is 47.9 Å². The summed E-state index contributed by atoms with van der Waals surface area (Å²) in [5.41, 5.74) is 3.24. The number of rotatable bonds is 4. The first kappa shape index (κ1) is 12.3. The molecular weight excluding hydrogens is 237 g/mol. The first-order valence-corrected chi connectivity index (χ1v) is 5.18. The van der Waals surface area contributed by atoms with Crippen LogP contribution in [0.2, 0.25) is 0 Å². The summed E-state index contributed by atoms with van der Waals surface area (Å²) in [7, 11) is 1.46. The lowest BCUT2D eigenvalue weighted by atomic mass is 10.1. The highest BCUT2D eigenvalue weighted by Crippen LogP contribution is 2.26. The fraction of sp³-hybridized carbons (Fsp3) is 0.182. The Morgan fingerprint density at radius 3 is 2.78 bits per heavy atom. The molecule has 0 aromatic carbocycles. The third-order valence-corrected chi connectivity index (χ3v) is 2.44. The van der Waals surface area contributed by atoms with Gasteiger partial charge in [0.1, 0.15) is 11.5 Å². The van der Waals surface area contributed by atoms with E-state index in [2.05, 4.69) is 20.4 Å². The van der Waals surface area contributed by atoms with Crippen molar-refractivity contribution in [3.8, 4) is 5.88 Å². The Balaban J connectivity index is 2.49. The van der Waals surface area contributed by atoms with Crippen molar-refractivity contribution in [1.29, 1.82) is 0 Å². The molecule has 0 saturated heterocycles. The minimum atomic E-state index is -0.656. The number of hydrazine groups is 1. The maximum atomic E-state index is 13.7. The molecule has 2 aromatic heterocycles. The maximum absolute atomic E-state index is 13.7. The van der Waals surface area contributed by atoms with Gasteiger partial charge in [-0.25, -0.2) is 14.8 Å². The Bertz CT molecular complexity index is 536. The summed E-state index contributed by atoms with van der Waals surface area (Å²) in [6.07, 6.45) is 5.56. The quantitative estimate of drug-likeness (QED) is 0.608. The highest BCUT2D eigenvalue weighted by atomic mass is 19.1. The van der Waals surface area contributed by atoms with E-state index in [1.807, 2.05) is 0 Å². The van der Waals surface area contributed by atoms with Crippen LogP contribution >= 0.6 is 0 Å². The predicted octanol–water partition coefficient (Wildman–Crippen LogP) is 0.572. The largest absolute Gasteiger partial charge is 0.480 e. The molecular formula is C11H12FN5O. The van der Waals surface area contributed by atoms with E-state index in [1.54, 1.807) is 0 Å². The Morgan fingerprint density at radius 2 is 2.11 bits per heavy atom. The number of nitrogens with one attached hydrogen (secondary N) is 1. The smallest absolute Gasteiger partial charge is 0.237 e. The topological polar surface area (TPSA) is 86.0 Å². The Kier molecular flexibility index (Phi) is 3.75. The van der Waals surface area contributed by atoms with Gasteiger partial charge in [-0.1, -0.05) is 0 Å². The number of methoxy groups -OCH3 is 1. The number of nitrogens with zero attached hydrogens (tertiary/aromatic N) is 3. The second-order valence-corrected chi connectivity index (χ2v) is 3.45. The van der Waals surface area contributed by atoms with Gasteiger partial charge in [-0.15, -0.1) is 0 Å². The molecule has 7 heteroatoms. The van der Waals surface area contributed by atoms with Gasteiger partial charge in [-0.05, 0) is 6.07 Å². The van der Waals surface area contributed by atoms with Gasteiger partial charge in [0, 0.05) is 24.2 Å². The summed E-state index contributed by atoms with van der Waals surface area (Å²) < 4.78 is 18.8. The van der Waals surface area contributed by atoms with Crippen LogP contribution in [0.4, 0.5) is 4.39 Å². The first-order valence-electron chi connectivity index (χ1n) is 5.18. The summed E-state index contributed by atoms with van der Waals surface area (Å²) in [5, 5.41) is 0. The van der Waals surface area contributed by atoms with E-state index in [4.69, 9.17) is 10.6 Å². The van der Waals surface area contributed by atoms with Crippen molar-refractivity contribution in [2.24, 2.45) is 5.84 Å². The fourth-order valence-corrected chi connectivity index (χ4v) is 1.63. The molecule has 0 aliphatic carbocycles. The lowest BCUT2D eigenvalue weighted by Crippen LogP contribution is -2.30. The minimum Gasteiger partial charge on any atom is -0.480 e. The monoisotopic (exact) mass is 249 g/mol. The van der Waals surface area contributed by atoms with E-state index in [0.717, 1.165) is 6.20 Å². The van der Waals surface area contributed by atoms with Crippen LogP contribution in [0.1, 0.15) is 17.3 Å². The van der Waals surface area contributed by atoms with Gasteiger partial charge >= 0.3 is 0 Å². The molecule has 2 aromatic rings. The van der Waals surface area contributed by atoms with E-state index >= 15 is 0 Å². The SMILES string of the molecule is COc1nccnc1C(NN)c1ccncc1F. The average Bonchev–Trinajstić information content (AvgIpc) is 2.42. The Hall–Kier alpha value is -2.12. The van der Waals surface area contributed by atoms with Crippen LogP contribution in [0.15, 0.2) is 30.9 Å². The van der Waals surface area contributed by atoms with Crippen LogP contribution in [-0.4, -0.2) is 22.1 Å². The second-order valence-electron chi connectivity index (χ2n) is 3.45. The molecule has 3 N–H and O–H groups in total. The molecule has 1 atom stereocenters. The normalized spacial score (nSPS) is 12.2. The molecule has 0 bridgehead atoms. The van der Waals surface area contributed by atoms with Crippen LogP contribution < -0.4 is 16.0 Å². The van der Waals surface area contributed by atoms with Gasteiger partial charge in [0.25, 0.3) is 0 Å². The van der Waals surface area contributed by atoms with E-state index in [-0.39, 0.29) is 5.88 Å². The van der Waals surface area contributed by atoms with Crippen LogP contribution in [0.25, 0.3) is 0 Å². The summed E-state index contributed by atoms with van der Waals surface area (Å²) >= 11 is 0. The second kappa shape index (κ2) is 5.48. The molecule has 0 spiro atoms. The van der Waals surface area contributed by atoms with Gasteiger partial charge in [-0.3, -0.25) is 15.8 Å². The number of hydrogen-bond donors (Lipinski definition) is 2. The van der Waals surface area contributed by atoms with E-state index in [0.29, 0.717) is 11.3 Å². The zero-order chi connectivity index (χ0) is 13.0. The lowest BCUT2D eigenvalue weighted by Gasteiger charge is -2.17. The number of nitrogens with two attached hydrogens (primary N) is 1. The summed E-state index contributed by atoms with van der Waals surface area (Å²) in [5.74, 6) is 5.28. The zero-order valence-corrected chi connectivity index (χ0v) is 9.67. The molecule has 1 unspecified atom stereocenters. The Morgan fingerprint density at radius 1 is 1.33 bits per heavy atom. The molecule has 0 aliphatic rings. The molecule has 6 nitrogen and oxygen atoms in total. The van der Waals surface area contributed by atoms with E-state index in [1.165, 1.54) is 31.8 Å². The number of ether oxygens (including phenoxy) is 1. The molecule has 0 aliphatic heterocycles. The Labute approximate surface area is 103 Å². The molecule has 2 rings (SSSR count). The number of hydrogen-bond acceptors (Lipinski definition) is 6. The van der Waals surface area contributed by atoms with Crippen molar-refractivity contribution in [1.82, 2.24) is 20.4 Å². The van der Waals surface area contributed by atoms with Gasteiger partial charge in [0.05, 0.1) is 19.3 Å². The number of pyridine rings is 1. The van der Waals surface area contributed by atoms with Gasteiger partial charge in [0.15, 0.2) is 0 Å². The van der Waals surface area contributed by atoms with Crippen molar-refractivity contribution in [2.45, 2.75) is 6.04 Å². The average molecular weight is 249 g/mol. The minimum absolute atomic E-state index is 0.289. The third kappa shape index (κ3) is 2.27. The van der Waals surface area contributed by atoms with Crippen molar-refractivity contribution >= 4 is 0 Å². The van der Waals surface area contributed by atoms with Crippen LogP contribution in [0.5, 0.6) is 5.88 Å². The van der Waals surface area contributed by atoms with Crippen LogP contribution in [-0.2, 0) is 0 Å². The van der Waals surface area contributed by atoms with E-state index in [9.17, 15) is 4.39 Å². The third-order valence-electron chi connectivity index (χ3n) is 2.44. The molecule has 0 fully saturated rings. The highest BCUT2D eigenvalue weighted by Gasteiger charge is 2.22. The van der Waals surface area contributed by atoms with Crippen molar-refractivity contribution < 1.29 is 9.13 Å². The molecule has 2 heterocycles. The predicted molar refractivity (Wildman–Crippen MR) is 61.9 cm³/mol. The zero-order valence-electron chi connectivity index (χ0n) is 9.67. The molecule has 0 saturated carbocycles. The summed E-state index contributed by atoms with van der Waals surface area (Å²) in [6.45, 7) is 0. The highest BCUT2D eigenvalue weighted by molar-refractivity contribution is 5.32. The van der Waals surface area contributed by atoms with Gasteiger partial charge < -0.3 is 4.74 Å². The fourth-order valence-electron chi connectivity index (χ4n) is 1.63. The molecule has 0 amide bonds. The molecule has 0 radical (unpaired) electrons. The van der Waals surface area contributed by atoms with Gasteiger partial charge in [0.2, 0.25) is 5.88 Å². The molecule has 94 valence electrons.